The zero-order chi connectivity index (χ0) is 20.4. The van der Waals surface area contributed by atoms with Gasteiger partial charge in [-0.15, -0.1) is 0 Å². The third kappa shape index (κ3) is 4.38. The molecule has 1 N–H and O–H groups in total. The molecule has 0 radical (unpaired) electrons. The number of halogens is 2. The molecular weight excluding hydrogens is 382 g/mol. The Morgan fingerprint density at radius 3 is 2.55 bits per heavy atom. The third-order valence-electron chi connectivity index (χ3n) is 5.46. The SMILES string of the molecule is O=C1OCCCN1[C@H]1CC[C@H](C(=O)Nc2ccn(-c3cc(F)cc(F)c3)n2)CC1. The predicted molar refractivity (Wildman–Crippen MR) is 101 cm³/mol. The van der Waals surface area contributed by atoms with Crippen molar-refractivity contribution in [1.29, 1.82) is 0 Å². The number of hydrogen-bond donors (Lipinski definition) is 1. The number of amides is 2. The first kappa shape index (κ1) is 19.4. The van der Waals surface area contributed by atoms with Gasteiger partial charge < -0.3 is 15.0 Å². The Balaban J connectivity index is 1.33. The molecular formula is C20H22F2N4O3. The van der Waals surface area contributed by atoms with Gasteiger partial charge in [-0.3, -0.25) is 4.79 Å². The fourth-order valence-corrected chi connectivity index (χ4v) is 3.98. The summed E-state index contributed by atoms with van der Waals surface area (Å²) in [5.74, 6) is -1.38. The maximum absolute atomic E-state index is 13.4. The molecule has 154 valence electrons. The molecule has 0 spiro atoms. The van der Waals surface area contributed by atoms with Crippen molar-refractivity contribution in [3.8, 4) is 5.69 Å². The molecule has 2 fully saturated rings. The van der Waals surface area contributed by atoms with E-state index >= 15 is 0 Å². The number of cyclic esters (lactones) is 1. The molecule has 2 aromatic rings. The Bertz CT molecular complexity index is 889. The molecule has 1 aliphatic carbocycles. The van der Waals surface area contributed by atoms with E-state index in [1.165, 1.54) is 10.9 Å². The number of carbonyl (C=O) groups is 2. The van der Waals surface area contributed by atoms with Crippen LogP contribution in [0.4, 0.5) is 19.4 Å². The van der Waals surface area contributed by atoms with E-state index < -0.39 is 11.6 Å². The average molecular weight is 404 g/mol. The summed E-state index contributed by atoms with van der Waals surface area (Å²) in [5, 5.41) is 6.95. The lowest BCUT2D eigenvalue weighted by Gasteiger charge is -2.37. The second-order valence-electron chi connectivity index (χ2n) is 7.43. The highest BCUT2D eigenvalue weighted by Crippen LogP contribution is 2.30. The number of hydrogen-bond acceptors (Lipinski definition) is 4. The number of nitrogens with zero attached hydrogens (tertiary/aromatic N) is 3. The van der Waals surface area contributed by atoms with Crippen molar-refractivity contribution in [3.63, 3.8) is 0 Å². The molecule has 1 aromatic heterocycles. The van der Waals surface area contributed by atoms with Gasteiger partial charge in [-0.25, -0.2) is 18.3 Å². The third-order valence-corrected chi connectivity index (χ3v) is 5.46. The summed E-state index contributed by atoms with van der Waals surface area (Å²) in [7, 11) is 0. The Hall–Kier alpha value is -2.97. The molecule has 2 heterocycles. The smallest absolute Gasteiger partial charge is 0.410 e. The summed E-state index contributed by atoms with van der Waals surface area (Å²) < 4.78 is 33.2. The van der Waals surface area contributed by atoms with Gasteiger partial charge in [-0.1, -0.05) is 0 Å². The van der Waals surface area contributed by atoms with Crippen molar-refractivity contribution < 1.29 is 23.1 Å². The van der Waals surface area contributed by atoms with Crippen LogP contribution in [-0.4, -0.2) is 45.9 Å². The molecule has 1 aliphatic heterocycles. The number of carbonyl (C=O) groups excluding carboxylic acids is 2. The highest BCUT2D eigenvalue weighted by atomic mass is 19.1. The monoisotopic (exact) mass is 404 g/mol. The van der Waals surface area contributed by atoms with Gasteiger partial charge in [0.05, 0.1) is 12.3 Å². The van der Waals surface area contributed by atoms with Crippen LogP contribution in [0.2, 0.25) is 0 Å². The number of aromatic nitrogens is 2. The first-order valence-corrected chi connectivity index (χ1v) is 9.76. The van der Waals surface area contributed by atoms with Crippen LogP contribution in [0.1, 0.15) is 32.1 Å². The Morgan fingerprint density at radius 2 is 1.86 bits per heavy atom. The molecule has 29 heavy (non-hydrogen) atoms. The lowest BCUT2D eigenvalue weighted by molar-refractivity contribution is -0.121. The summed E-state index contributed by atoms with van der Waals surface area (Å²) in [6.07, 6.45) is 4.97. The van der Waals surface area contributed by atoms with Crippen LogP contribution in [0.5, 0.6) is 0 Å². The highest BCUT2D eigenvalue weighted by Gasteiger charge is 2.33. The van der Waals surface area contributed by atoms with Crippen LogP contribution in [-0.2, 0) is 9.53 Å². The quantitative estimate of drug-likeness (QED) is 0.846. The Labute approximate surface area is 166 Å². The number of nitrogens with one attached hydrogen (secondary N) is 1. The lowest BCUT2D eigenvalue weighted by Crippen LogP contribution is -2.46. The van der Waals surface area contributed by atoms with E-state index in [0.717, 1.165) is 37.5 Å². The highest BCUT2D eigenvalue weighted by molar-refractivity contribution is 5.91. The van der Waals surface area contributed by atoms with Crippen LogP contribution >= 0.6 is 0 Å². The van der Waals surface area contributed by atoms with Gasteiger partial charge in [0.1, 0.15) is 11.6 Å². The Morgan fingerprint density at radius 1 is 1.14 bits per heavy atom. The van der Waals surface area contributed by atoms with Crippen molar-refractivity contribution >= 4 is 17.8 Å². The summed E-state index contributed by atoms with van der Waals surface area (Å²) >= 11 is 0. The van der Waals surface area contributed by atoms with Gasteiger partial charge in [0.25, 0.3) is 0 Å². The lowest BCUT2D eigenvalue weighted by atomic mass is 9.84. The number of benzene rings is 1. The van der Waals surface area contributed by atoms with Crippen molar-refractivity contribution in [3.05, 3.63) is 42.1 Å². The van der Waals surface area contributed by atoms with E-state index in [-0.39, 0.29) is 29.6 Å². The second kappa shape index (κ2) is 8.18. The van der Waals surface area contributed by atoms with E-state index in [0.29, 0.717) is 31.8 Å². The maximum atomic E-state index is 13.4. The summed E-state index contributed by atoms with van der Waals surface area (Å²) in [5.41, 5.74) is 0.233. The van der Waals surface area contributed by atoms with Crippen molar-refractivity contribution in [1.82, 2.24) is 14.7 Å². The van der Waals surface area contributed by atoms with E-state index in [1.807, 2.05) is 0 Å². The van der Waals surface area contributed by atoms with Gasteiger partial charge in [-0.2, -0.15) is 5.10 Å². The van der Waals surface area contributed by atoms with Crippen LogP contribution in [0, 0.1) is 17.6 Å². The number of ether oxygens (including phenoxy) is 1. The molecule has 0 atom stereocenters. The Kier molecular flexibility index (Phi) is 5.46. The van der Waals surface area contributed by atoms with Crippen LogP contribution in [0.3, 0.4) is 0 Å². The predicted octanol–water partition coefficient (Wildman–Crippen LogP) is 3.49. The van der Waals surface area contributed by atoms with Crippen LogP contribution in [0.15, 0.2) is 30.5 Å². The van der Waals surface area contributed by atoms with E-state index in [9.17, 15) is 18.4 Å². The van der Waals surface area contributed by atoms with Crippen molar-refractivity contribution in [2.75, 3.05) is 18.5 Å². The standard InChI is InChI=1S/C20H22F2N4O3/c21-14-10-15(22)12-17(11-14)26-8-6-18(24-26)23-19(27)13-2-4-16(5-3-13)25-7-1-9-29-20(25)28/h6,8,10-13,16H,1-5,7,9H2,(H,23,24,27)/t13-,16-. The minimum absolute atomic E-state index is 0.119. The van der Waals surface area contributed by atoms with E-state index in [2.05, 4.69) is 10.4 Å². The van der Waals surface area contributed by atoms with Gasteiger partial charge >= 0.3 is 6.09 Å². The largest absolute Gasteiger partial charge is 0.449 e. The summed E-state index contributed by atoms with van der Waals surface area (Å²) in [6, 6.07) is 4.81. The molecule has 0 bridgehead atoms. The first-order chi connectivity index (χ1) is 14.0. The van der Waals surface area contributed by atoms with E-state index in [4.69, 9.17) is 4.74 Å². The minimum Gasteiger partial charge on any atom is -0.449 e. The second-order valence-corrected chi connectivity index (χ2v) is 7.43. The first-order valence-electron chi connectivity index (χ1n) is 9.76. The molecule has 4 rings (SSSR count). The van der Waals surface area contributed by atoms with Gasteiger partial charge in [-0.05, 0) is 44.2 Å². The number of rotatable bonds is 4. The fraction of sp³-hybridized carbons (Fsp3) is 0.450. The van der Waals surface area contributed by atoms with Crippen molar-refractivity contribution in [2.24, 2.45) is 5.92 Å². The topological polar surface area (TPSA) is 76.5 Å². The molecule has 1 saturated carbocycles. The van der Waals surface area contributed by atoms with Crippen LogP contribution < -0.4 is 5.32 Å². The van der Waals surface area contributed by atoms with Gasteiger partial charge in [0.15, 0.2) is 5.82 Å². The fourth-order valence-electron chi connectivity index (χ4n) is 3.98. The normalized spacial score (nSPS) is 22.3. The van der Waals surface area contributed by atoms with E-state index in [1.54, 1.807) is 11.0 Å². The van der Waals surface area contributed by atoms with Crippen LogP contribution in [0.25, 0.3) is 5.69 Å². The molecule has 7 nitrogen and oxygen atoms in total. The van der Waals surface area contributed by atoms with Gasteiger partial charge in [0, 0.05) is 36.8 Å². The minimum atomic E-state index is -0.699. The summed E-state index contributed by atoms with van der Waals surface area (Å²) in [6.45, 7) is 1.18. The maximum Gasteiger partial charge on any atom is 0.410 e. The molecule has 1 saturated heterocycles. The van der Waals surface area contributed by atoms with Gasteiger partial charge in [0.2, 0.25) is 5.91 Å². The zero-order valence-corrected chi connectivity index (χ0v) is 15.8. The molecule has 2 amide bonds. The molecule has 9 heteroatoms. The summed E-state index contributed by atoms with van der Waals surface area (Å²) in [4.78, 5) is 26.2. The molecule has 2 aliphatic rings. The van der Waals surface area contributed by atoms with Crippen molar-refractivity contribution in [2.45, 2.75) is 38.1 Å². The molecule has 1 aromatic carbocycles. The average Bonchev–Trinajstić information content (AvgIpc) is 3.16. The number of anilines is 1. The molecule has 0 unspecified atom stereocenters. The zero-order valence-electron chi connectivity index (χ0n) is 15.8.